The molecule has 0 unspecified atom stereocenters. The van der Waals surface area contributed by atoms with Crippen LogP contribution in [-0.2, 0) is 0 Å². The maximum Gasteiger partial charge on any atom is 0.233 e. The van der Waals surface area contributed by atoms with E-state index in [1.165, 1.54) is 6.07 Å². The third kappa shape index (κ3) is 3.32. The molecule has 20 heavy (non-hydrogen) atoms. The average molecular weight is 341 g/mol. The summed E-state index contributed by atoms with van der Waals surface area (Å²) in [6, 6.07) is 4.59. The normalized spacial score (nSPS) is 10.2. The van der Waals surface area contributed by atoms with Crippen LogP contribution in [0.3, 0.4) is 0 Å². The summed E-state index contributed by atoms with van der Waals surface area (Å²) in [5.41, 5.74) is 0.677. The fraction of sp³-hybridized carbons (Fsp3) is 0.250. The Morgan fingerprint density at radius 2 is 1.85 bits per heavy atom. The maximum absolute atomic E-state index is 13.2. The van der Waals surface area contributed by atoms with E-state index in [9.17, 15) is 4.39 Å². The highest BCUT2D eigenvalue weighted by molar-refractivity contribution is 9.10. The summed E-state index contributed by atoms with van der Waals surface area (Å²) in [5.74, 6) is 1.03. The van der Waals surface area contributed by atoms with Crippen molar-refractivity contribution in [2.24, 2.45) is 0 Å². The number of anilines is 4. The molecule has 6 nitrogen and oxygen atoms in total. The molecule has 0 aliphatic carbocycles. The van der Waals surface area contributed by atoms with Gasteiger partial charge >= 0.3 is 0 Å². The number of halogens is 2. The van der Waals surface area contributed by atoms with Crippen molar-refractivity contribution < 1.29 is 4.39 Å². The second-order valence-electron chi connectivity index (χ2n) is 4.18. The molecular weight excluding hydrogens is 327 g/mol. The van der Waals surface area contributed by atoms with Crippen molar-refractivity contribution >= 4 is 39.5 Å². The van der Waals surface area contributed by atoms with E-state index in [4.69, 9.17) is 0 Å². The Hall–Kier alpha value is -1.96. The molecule has 1 aromatic heterocycles. The number of benzene rings is 1. The molecule has 106 valence electrons. The summed E-state index contributed by atoms with van der Waals surface area (Å²) in [6.45, 7) is 0. The zero-order valence-electron chi connectivity index (χ0n) is 11.3. The first-order valence-electron chi connectivity index (χ1n) is 5.83. The summed E-state index contributed by atoms with van der Waals surface area (Å²) in [4.78, 5) is 14.5. The van der Waals surface area contributed by atoms with Gasteiger partial charge in [0.05, 0.1) is 4.47 Å². The van der Waals surface area contributed by atoms with Gasteiger partial charge in [0.15, 0.2) is 0 Å². The number of hydrogen-bond donors (Lipinski definition) is 2. The van der Waals surface area contributed by atoms with Crippen LogP contribution in [0, 0.1) is 5.82 Å². The molecule has 0 aliphatic heterocycles. The van der Waals surface area contributed by atoms with Gasteiger partial charge in [0, 0.05) is 26.8 Å². The van der Waals surface area contributed by atoms with Gasteiger partial charge in [0.1, 0.15) is 5.82 Å². The summed E-state index contributed by atoms with van der Waals surface area (Å²) < 4.78 is 13.6. The zero-order valence-corrected chi connectivity index (χ0v) is 12.9. The summed E-state index contributed by atoms with van der Waals surface area (Å²) in [6.07, 6.45) is 0. The van der Waals surface area contributed by atoms with Crippen molar-refractivity contribution in [3.63, 3.8) is 0 Å². The average Bonchev–Trinajstić information content (AvgIpc) is 2.42. The molecule has 2 rings (SSSR count). The van der Waals surface area contributed by atoms with Crippen molar-refractivity contribution in [1.29, 1.82) is 0 Å². The van der Waals surface area contributed by atoms with Crippen molar-refractivity contribution in [3.05, 3.63) is 28.5 Å². The monoisotopic (exact) mass is 340 g/mol. The van der Waals surface area contributed by atoms with E-state index in [1.54, 1.807) is 24.1 Å². The van der Waals surface area contributed by atoms with E-state index < -0.39 is 0 Å². The molecule has 0 radical (unpaired) electrons. The van der Waals surface area contributed by atoms with Gasteiger partial charge in [0.25, 0.3) is 0 Å². The van der Waals surface area contributed by atoms with Crippen LogP contribution < -0.4 is 15.5 Å². The van der Waals surface area contributed by atoms with Crippen LogP contribution in [0.25, 0.3) is 0 Å². The van der Waals surface area contributed by atoms with E-state index in [2.05, 4.69) is 41.5 Å². The smallest absolute Gasteiger partial charge is 0.233 e. The molecule has 1 heterocycles. The predicted octanol–water partition coefficient (Wildman–Crippen LogP) is 2.62. The molecule has 0 amide bonds. The minimum Gasteiger partial charge on any atom is -0.357 e. The molecular formula is C12H14BrFN6. The molecule has 0 saturated carbocycles. The van der Waals surface area contributed by atoms with Gasteiger partial charge in [-0.25, -0.2) is 4.39 Å². The van der Waals surface area contributed by atoms with Gasteiger partial charge in [-0.1, -0.05) is 0 Å². The van der Waals surface area contributed by atoms with Crippen LogP contribution in [-0.4, -0.2) is 36.1 Å². The Bertz CT molecular complexity index is 619. The molecule has 0 atom stereocenters. The van der Waals surface area contributed by atoms with E-state index in [-0.39, 0.29) is 5.82 Å². The molecule has 1 aromatic carbocycles. The summed E-state index contributed by atoms with van der Waals surface area (Å²) in [5, 5.41) is 5.89. The van der Waals surface area contributed by atoms with Crippen LogP contribution in [0.4, 0.5) is 27.9 Å². The van der Waals surface area contributed by atoms with Gasteiger partial charge in [-0.15, -0.1) is 0 Å². The van der Waals surface area contributed by atoms with Gasteiger partial charge in [-0.05, 0) is 34.1 Å². The zero-order chi connectivity index (χ0) is 14.7. The molecule has 0 bridgehead atoms. The lowest BCUT2D eigenvalue weighted by Crippen LogP contribution is -2.15. The largest absolute Gasteiger partial charge is 0.357 e. The van der Waals surface area contributed by atoms with Gasteiger partial charge in [-0.3, -0.25) is 0 Å². The standard InChI is InChI=1S/C12H14BrFN6/c1-15-10-17-11(19-12(18-10)20(2)3)16-7-4-5-9(14)8(13)6-7/h4-6H,1-3H3,(H2,15,16,17,18,19). The molecule has 2 N–H and O–H groups in total. The first kappa shape index (κ1) is 14.4. The van der Waals surface area contributed by atoms with Gasteiger partial charge in [0.2, 0.25) is 17.8 Å². The lowest BCUT2D eigenvalue weighted by atomic mass is 10.3. The molecule has 2 aromatic rings. The summed E-state index contributed by atoms with van der Waals surface area (Å²) >= 11 is 3.14. The SMILES string of the molecule is CNc1nc(Nc2ccc(F)c(Br)c2)nc(N(C)C)n1. The highest BCUT2D eigenvalue weighted by atomic mass is 79.9. The minimum absolute atomic E-state index is 0.323. The maximum atomic E-state index is 13.2. The fourth-order valence-corrected chi connectivity index (χ4v) is 1.81. The highest BCUT2D eigenvalue weighted by Crippen LogP contribution is 2.22. The Morgan fingerprint density at radius 1 is 1.15 bits per heavy atom. The number of hydrogen-bond acceptors (Lipinski definition) is 6. The van der Waals surface area contributed by atoms with Gasteiger partial charge < -0.3 is 15.5 Å². The van der Waals surface area contributed by atoms with Crippen molar-refractivity contribution in [2.75, 3.05) is 36.7 Å². The quantitative estimate of drug-likeness (QED) is 0.891. The third-order valence-electron chi connectivity index (χ3n) is 2.42. The first-order valence-corrected chi connectivity index (χ1v) is 6.62. The molecule has 0 fully saturated rings. The number of nitrogens with zero attached hydrogens (tertiary/aromatic N) is 4. The van der Waals surface area contributed by atoms with Crippen molar-refractivity contribution in [2.45, 2.75) is 0 Å². The predicted molar refractivity (Wildman–Crippen MR) is 81.1 cm³/mol. The fourth-order valence-electron chi connectivity index (χ4n) is 1.44. The Morgan fingerprint density at radius 3 is 2.45 bits per heavy atom. The molecule has 0 aliphatic rings. The molecule has 8 heteroatoms. The Labute approximate surface area is 124 Å². The second-order valence-corrected chi connectivity index (χ2v) is 5.04. The lowest BCUT2D eigenvalue weighted by Gasteiger charge is -2.13. The third-order valence-corrected chi connectivity index (χ3v) is 3.03. The van der Waals surface area contributed by atoms with E-state index in [1.807, 2.05) is 14.1 Å². The Kier molecular flexibility index (Phi) is 4.33. The molecule has 0 spiro atoms. The van der Waals surface area contributed by atoms with Crippen molar-refractivity contribution in [3.8, 4) is 0 Å². The topological polar surface area (TPSA) is 66.0 Å². The first-order chi connectivity index (χ1) is 9.49. The minimum atomic E-state index is -0.323. The van der Waals surface area contributed by atoms with E-state index >= 15 is 0 Å². The van der Waals surface area contributed by atoms with Gasteiger partial charge in [-0.2, -0.15) is 15.0 Å². The van der Waals surface area contributed by atoms with Crippen molar-refractivity contribution in [1.82, 2.24) is 15.0 Å². The van der Waals surface area contributed by atoms with E-state index in [0.717, 1.165) is 0 Å². The number of aromatic nitrogens is 3. The van der Waals surface area contributed by atoms with Crippen LogP contribution in [0.5, 0.6) is 0 Å². The lowest BCUT2D eigenvalue weighted by molar-refractivity contribution is 0.621. The molecule has 0 saturated heterocycles. The summed E-state index contributed by atoms with van der Waals surface area (Å²) in [7, 11) is 5.41. The van der Waals surface area contributed by atoms with Crippen LogP contribution in [0.1, 0.15) is 0 Å². The Balaban J connectivity index is 2.32. The van der Waals surface area contributed by atoms with E-state index in [0.29, 0.717) is 28.0 Å². The van der Waals surface area contributed by atoms with Crippen LogP contribution in [0.2, 0.25) is 0 Å². The highest BCUT2D eigenvalue weighted by Gasteiger charge is 2.08. The van der Waals surface area contributed by atoms with Crippen LogP contribution in [0.15, 0.2) is 22.7 Å². The number of rotatable bonds is 4. The number of nitrogens with one attached hydrogen (secondary N) is 2. The second kappa shape index (κ2) is 6.00. The van der Waals surface area contributed by atoms with Crippen LogP contribution >= 0.6 is 15.9 Å².